The molecule has 0 fully saturated rings. The molecule has 0 saturated heterocycles. The zero-order valence-corrected chi connectivity index (χ0v) is 22.6. The largest absolute Gasteiger partial charge is 0.490 e. The van der Waals surface area contributed by atoms with Gasteiger partial charge in [-0.2, -0.15) is 0 Å². The number of aromatic nitrogens is 3. The Bertz CT molecular complexity index is 1450. The summed E-state index contributed by atoms with van der Waals surface area (Å²) in [4.78, 5) is 11.3. The molecule has 0 N–H and O–H groups in total. The van der Waals surface area contributed by atoms with Gasteiger partial charge in [-0.1, -0.05) is 47.6 Å². The molecule has 0 bridgehead atoms. The van der Waals surface area contributed by atoms with Gasteiger partial charge in [0.2, 0.25) is 6.54 Å². The topological polar surface area (TPSA) is 92.3 Å². The van der Waals surface area contributed by atoms with Crippen LogP contribution in [0.5, 0.6) is 11.5 Å². The summed E-state index contributed by atoms with van der Waals surface area (Å²) in [6.45, 7) is 5.65. The fourth-order valence-corrected chi connectivity index (χ4v) is 5.34. The maximum absolute atomic E-state index is 13.6. The van der Waals surface area contributed by atoms with E-state index in [9.17, 15) is 14.5 Å². The van der Waals surface area contributed by atoms with E-state index in [1.54, 1.807) is 24.3 Å². The molecule has 0 aliphatic rings. The van der Waals surface area contributed by atoms with E-state index < -0.39 is 5.25 Å². The van der Waals surface area contributed by atoms with E-state index in [4.69, 9.17) is 21.1 Å². The first kappa shape index (κ1) is 27.4. The van der Waals surface area contributed by atoms with Gasteiger partial charge >= 0.3 is 0 Å². The molecule has 8 nitrogen and oxygen atoms in total. The number of rotatable bonds is 11. The summed E-state index contributed by atoms with van der Waals surface area (Å²) in [7, 11) is 0. The summed E-state index contributed by atoms with van der Waals surface area (Å²) in [5, 5.41) is 20.3. The van der Waals surface area contributed by atoms with Crippen molar-refractivity contribution >= 4 is 23.4 Å². The van der Waals surface area contributed by atoms with Crippen molar-refractivity contribution in [2.45, 2.75) is 37.8 Å². The van der Waals surface area contributed by atoms with Crippen LogP contribution in [-0.4, -0.2) is 32.8 Å². The standard InChI is InChI=1S/C27H26ClFN4O4S/c1-4-36-24-14-20(13-23(28)26(24)37-16-19-8-6-9-21(29)12-19)25(15-32(34)35)38-27-31-30-18(3)33(27)22-10-5-7-17(2)11-22/h5-14,25H,4,15-16H2,1-3H3/t25-/m0/s1. The second-order valence-electron chi connectivity index (χ2n) is 8.51. The molecule has 0 spiro atoms. The number of hydrogen-bond donors (Lipinski definition) is 0. The summed E-state index contributed by atoms with van der Waals surface area (Å²) < 4.78 is 27.1. The van der Waals surface area contributed by atoms with Crippen LogP contribution >= 0.6 is 23.4 Å². The number of halogens is 2. The van der Waals surface area contributed by atoms with E-state index in [-0.39, 0.29) is 34.7 Å². The normalized spacial score (nSPS) is 11.8. The van der Waals surface area contributed by atoms with Crippen LogP contribution in [0.2, 0.25) is 5.02 Å². The lowest BCUT2D eigenvalue weighted by molar-refractivity contribution is -0.479. The Balaban J connectivity index is 1.67. The van der Waals surface area contributed by atoms with Crippen LogP contribution in [0.25, 0.3) is 5.69 Å². The molecule has 0 unspecified atom stereocenters. The molecular formula is C27H26ClFN4O4S. The minimum atomic E-state index is -0.647. The first-order valence-corrected chi connectivity index (χ1v) is 13.1. The Labute approximate surface area is 228 Å². The lowest BCUT2D eigenvalue weighted by Gasteiger charge is -2.19. The molecule has 1 heterocycles. The van der Waals surface area contributed by atoms with E-state index in [0.717, 1.165) is 11.3 Å². The minimum Gasteiger partial charge on any atom is -0.490 e. The van der Waals surface area contributed by atoms with Crippen molar-refractivity contribution in [1.29, 1.82) is 0 Å². The van der Waals surface area contributed by atoms with Crippen LogP contribution < -0.4 is 9.47 Å². The molecule has 4 aromatic rings. The van der Waals surface area contributed by atoms with Gasteiger partial charge in [0, 0.05) is 10.6 Å². The van der Waals surface area contributed by atoms with Gasteiger partial charge in [-0.3, -0.25) is 14.7 Å². The third kappa shape index (κ3) is 6.62. The van der Waals surface area contributed by atoms with Crippen molar-refractivity contribution in [3.05, 3.63) is 104 Å². The molecule has 0 radical (unpaired) electrons. The molecule has 0 amide bonds. The Morgan fingerprint density at radius 1 is 1.11 bits per heavy atom. The van der Waals surface area contributed by atoms with Gasteiger partial charge < -0.3 is 9.47 Å². The van der Waals surface area contributed by atoms with Crippen molar-refractivity contribution in [3.8, 4) is 17.2 Å². The van der Waals surface area contributed by atoms with Crippen LogP contribution in [0.1, 0.15) is 34.7 Å². The lowest BCUT2D eigenvalue weighted by Crippen LogP contribution is -2.12. The molecule has 0 aliphatic carbocycles. The molecule has 1 aromatic heterocycles. The average Bonchev–Trinajstić information content (AvgIpc) is 3.22. The van der Waals surface area contributed by atoms with Gasteiger partial charge in [0.25, 0.3) is 0 Å². The highest BCUT2D eigenvalue weighted by atomic mass is 35.5. The molecule has 3 aromatic carbocycles. The van der Waals surface area contributed by atoms with Crippen LogP contribution in [-0.2, 0) is 6.61 Å². The monoisotopic (exact) mass is 556 g/mol. The average molecular weight is 557 g/mol. The van der Waals surface area contributed by atoms with Crippen LogP contribution in [0.4, 0.5) is 4.39 Å². The number of aryl methyl sites for hydroxylation is 2. The van der Waals surface area contributed by atoms with E-state index in [1.807, 2.05) is 49.6 Å². The Morgan fingerprint density at radius 2 is 1.89 bits per heavy atom. The van der Waals surface area contributed by atoms with E-state index in [2.05, 4.69) is 10.2 Å². The first-order valence-electron chi connectivity index (χ1n) is 11.9. The van der Waals surface area contributed by atoms with Gasteiger partial charge in [-0.15, -0.1) is 10.2 Å². The van der Waals surface area contributed by atoms with E-state index >= 15 is 0 Å². The Hall–Kier alpha value is -3.63. The number of nitro groups is 1. The van der Waals surface area contributed by atoms with Gasteiger partial charge in [-0.25, -0.2) is 4.39 Å². The predicted octanol–water partition coefficient (Wildman–Crippen LogP) is 6.76. The summed E-state index contributed by atoms with van der Waals surface area (Å²) in [5.41, 5.74) is 3.13. The Kier molecular flexibility index (Phi) is 8.85. The molecule has 1 atom stereocenters. The Morgan fingerprint density at radius 3 is 2.61 bits per heavy atom. The minimum absolute atomic E-state index is 0.0723. The SMILES string of the molecule is CCOc1cc([C@H](C[N+](=O)[O-])Sc2nnc(C)n2-c2cccc(C)c2)cc(Cl)c1OCc1cccc(F)c1. The molecule has 4 rings (SSSR count). The second kappa shape index (κ2) is 12.3. The lowest BCUT2D eigenvalue weighted by atomic mass is 10.1. The van der Waals surface area contributed by atoms with Crippen LogP contribution in [0, 0.1) is 29.8 Å². The van der Waals surface area contributed by atoms with Crippen molar-refractivity contribution in [3.63, 3.8) is 0 Å². The zero-order chi connectivity index (χ0) is 27.2. The number of ether oxygens (including phenoxy) is 2. The fourth-order valence-electron chi connectivity index (χ4n) is 3.92. The molecule has 198 valence electrons. The number of thioether (sulfide) groups is 1. The zero-order valence-electron chi connectivity index (χ0n) is 21.1. The molecular weight excluding hydrogens is 531 g/mol. The van der Waals surface area contributed by atoms with Crippen molar-refractivity contribution in [2.75, 3.05) is 13.2 Å². The second-order valence-corrected chi connectivity index (χ2v) is 10.1. The predicted molar refractivity (Wildman–Crippen MR) is 145 cm³/mol. The first-order chi connectivity index (χ1) is 18.2. The highest BCUT2D eigenvalue weighted by Gasteiger charge is 2.26. The highest BCUT2D eigenvalue weighted by molar-refractivity contribution is 7.99. The summed E-state index contributed by atoms with van der Waals surface area (Å²) in [6.07, 6.45) is 0. The molecule has 0 saturated carbocycles. The van der Waals surface area contributed by atoms with E-state index in [0.29, 0.717) is 34.5 Å². The highest BCUT2D eigenvalue weighted by Crippen LogP contribution is 2.43. The fraction of sp³-hybridized carbons (Fsp3) is 0.259. The van der Waals surface area contributed by atoms with E-state index in [1.165, 1.54) is 23.9 Å². The molecule has 0 aliphatic heterocycles. The number of benzene rings is 3. The number of hydrogen-bond acceptors (Lipinski definition) is 7. The van der Waals surface area contributed by atoms with Gasteiger partial charge in [0.15, 0.2) is 16.7 Å². The summed E-state index contributed by atoms with van der Waals surface area (Å²) in [5.74, 6) is 0.917. The molecule has 11 heteroatoms. The van der Waals surface area contributed by atoms with Gasteiger partial charge in [0.05, 0.1) is 11.6 Å². The van der Waals surface area contributed by atoms with Crippen molar-refractivity contribution in [2.24, 2.45) is 0 Å². The summed E-state index contributed by atoms with van der Waals surface area (Å²) >= 11 is 7.83. The maximum Gasteiger partial charge on any atom is 0.220 e. The van der Waals surface area contributed by atoms with Gasteiger partial charge in [-0.05, 0) is 73.9 Å². The third-order valence-electron chi connectivity index (χ3n) is 5.59. The smallest absolute Gasteiger partial charge is 0.220 e. The number of nitrogens with zero attached hydrogens (tertiary/aromatic N) is 4. The maximum atomic E-state index is 13.6. The van der Waals surface area contributed by atoms with Crippen molar-refractivity contribution < 1.29 is 18.8 Å². The van der Waals surface area contributed by atoms with Crippen molar-refractivity contribution in [1.82, 2.24) is 14.8 Å². The quantitative estimate of drug-likeness (QED) is 0.114. The van der Waals surface area contributed by atoms with Crippen LogP contribution in [0.3, 0.4) is 0 Å². The van der Waals surface area contributed by atoms with Gasteiger partial charge in [0.1, 0.15) is 23.5 Å². The molecule has 38 heavy (non-hydrogen) atoms. The third-order valence-corrected chi connectivity index (χ3v) is 7.05. The summed E-state index contributed by atoms with van der Waals surface area (Å²) in [6, 6.07) is 17.2. The van der Waals surface area contributed by atoms with Crippen LogP contribution in [0.15, 0.2) is 65.8 Å².